The lowest BCUT2D eigenvalue weighted by Gasteiger charge is -2.42. The summed E-state index contributed by atoms with van der Waals surface area (Å²) >= 11 is 18.7. The van der Waals surface area contributed by atoms with E-state index >= 15 is 0 Å². The van der Waals surface area contributed by atoms with Crippen molar-refractivity contribution in [3.63, 3.8) is 0 Å². The zero-order valence-electron chi connectivity index (χ0n) is 15.2. The first kappa shape index (κ1) is 20.3. The van der Waals surface area contributed by atoms with Crippen LogP contribution in [0.2, 0.25) is 15.1 Å². The summed E-state index contributed by atoms with van der Waals surface area (Å²) in [6, 6.07) is 13.8. The van der Waals surface area contributed by atoms with Gasteiger partial charge in [-0.15, -0.1) is 0 Å². The first-order chi connectivity index (χ1) is 12.9. The van der Waals surface area contributed by atoms with Crippen molar-refractivity contribution in [2.75, 3.05) is 18.0 Å². The highest BCUT2D eigenvalue weighted by atomic mass is 35.5. The van der Waals surface area contributed by atoms with Crippen LogP contribution in [0.15, 0.2) is 42.5 Å². The van der Waals surface area contributed by atoms with Crippen molar-refractivity contribution in [3.8, 4) is 0 Å². The third-order valence-corrected chi connectivity index (χ3v) is 5.90. The van der Waals surface area contributed by atoms with Gasteiger partial charge in [-0.2, -0.15) is 0 Å². The number of carbonyl (C=O) groups excluding carboxylic acids is 1. The van der Waals surface area contributed by atoms with Crippen molar-refractivity contribution in [3.05, 3.63) is 63.1 Å². The number of rotatable bonds is 5. The average Bonchev–Trinajstić information content (AvgIpc) is 2.62. The molecule has 1 saturated heterocycles. The zero-order chi connectivity index (χ0) is 19.4. The fraction of sp³-hybridized carbons (Fsp3) is 0.381. The SMILES string of the molecule is CC(=O)NCC[C@@H]1CC[C@@H](c2ccc(Cl)cc2Cl)N(c2ccc(Cl)cc2)C1. The molecule has 2 atom stereocenters. The summed E-state index contributed by atoms with van der Waals surface area (Å²) in [6.45, 7) is 3.17. The van der Waals surface area contributed by atoms with E-state index in [1.807, 2.05) is 24.3 Å². The minimum absolute atomic E-state index is 0.0196. The molecule has 1 amide bonds. The van der Waals surface area contributed by atoms with Gasteiger partial charge in [0.1, 0.15) is 0 Å². The molecular formula is C21H23Cl3N2O. The van der Waals surface area contributed by atoms with Crippen LogP contribution in [0, 0.1) is 5.92 Å². The first-order valence-corrected chi connectivity index (χ1v) is 10.3. The van der Waals surface area contributed by atoms with Crippen molar-refractivity contribution < 1.29 is 4.79 Å². The molecule has 1 fully saturated rings. The lowest BCUT2D eigenvalue weighted by atomic mass is 9.86. The molecule has 0 spiro atoms. The predicted octanol–water partition coefficient (Wildman–Crippen LogP) is 6.13. The van der Waals surface area contributed by atoms with Gasteiger partial charge in [0.05, 0.1) is 6.04 Å². The Balaban J connectivity index is 1.83. The Bertz CT molecular complexity index is 795. The molecule has 2 aromatic rings. The second kappa shape index (κ2) is 9.18. The van der Waals surface area contributed by atoms with Gasteiger partial charge in [0, 0.05) is 40.8 Å². The number of carbonyl (C=O) groups is 1. The fourth-order valence-corrected chi connectivity index (χ4v) is 4.41. The quantitative estimate of drug-likeness (QED) is 0.625. The highest BCUT2D eigenvalue weighted by Gasteiger charge is 2.30. The van der Waals surface area contributed by atoms with Crippen molar-refractivity contribution in [1.29, 1.82) is 0 Å². The molecular weight excluding hydrogens is 403 g/mol. The summed E-state index contributed by atoms with van der Waals surface area (Å²) < 4.78 is 0. The Kier molecular flexibility index (Phi) is 6.91. The summed E-state index contributed by atoms with van der Waals surface area (Å²) in [7, 11) is 0. The number of nitrogens with zero attached hydrogens (tertiary/aromatic N) is 1. The Labute approximate surface area is 175 Å². The Morgan fingerprint density at radius 1 is 1.07 bits per heavy atom. The molecule has 0 bridgehead atoms. The fourth-order valence-electron chi connectivity index (χ4n) is 3.75. The van der Waals surface area contributed by atoms with Gasteiger partial charge in [-0.25, -0.2) is 0 Å². The highest BCUT2D eigenvalue weighted by molar-refractivity contribution is 6.35. The third-order valence-electron chi connectivity index (χ3n) is 5.09. The maximum Gasteiger partial charge on any atom is 0.216 e. The molecule has 144 valence electrons. The number of hydrogen-bond donors (Lipinski definition) is 1. The molecule has 1 heterocycles. The molecule has 0 radical (unpaired) electrons. The van der Waals surface area contributed by atoms with Crippen molar-refractivity contribution in [2.45, 2.75) is 32.2 Å². The van der Waals surface area contributed by atoms with E-state index in [2.05, 4.69) is 22.3 Å². The number of nitrogens with one attached hydrogen (secondary N) is 1. The smallest absolute Gasteiger partial charge is 0.216 e. The van der Waals surface area contributed by atoms with Crippen molar-refractivity contribution in [1.82, 2.24) is 5.32 Å². The van der Waals surface area contributed by atoms with E-state index in [0.29, 0.717) is 22.5 Å². The van der Waals surface area contributed by atoms with Gasteiger partial charge in [-0.1, -0.05) is 40.9 Å². The zero-order valence-corrected chi connectivity index (χ0v) is 17.5. The van der Waals surface area contributed by atoms with Crippen LogP contribution < -0.4 is 10.2 Å². The molecule has 1 aliphatic rings. The summed E-state index contributed by atoms with van der Waals surface area (Å²) in [6.07, 6.45) is 3.05. The Morgan fingerprint density at radius 3 is 2.44 bits per heavy atom. The van der Waals surface area contributed by atoms with Crippen LogP contribution in [0.25, 0.3) is 0 Å². The van der Waals surface area contributed by atoms with Gasteiger partial charge >= 0.3 is 0 Å². The summed E-state index contributed by atoms with van der Waals surface area (Å²) in [5.41, 5.74) is 2.22. The van der Waals surface area contributed by atoms with E-state index in [-0.39, 0.29) is 11.9 Å². The van der Waals surface area contributed by atoms with Crippen LogP contribution in [0.4, 0.5) is 5.69 Å². The molecule has 0 unspecified atom stereocenters. The van der Waals surface area contributed by atoms with Gasteiger partial charge in [0.15, 0.2) is 0 Å². The van der Waals surface area contributed by atoms with E-state index in [1.54, 1.807) is 13.0 Å². The van der Waals surface area contributed by atoms with Gasteiger partial charge in [-0.05, 0) is 67.1 Å². The van der Waals surface area contributed by atoms with Gasteiger partial charge < -0.3 is 10.2 Å². The molecule has 3 rings (SSSR count). The van der Waals surface area contributed by atoms with Crippen LogP contribution in [0.3, 0.4) is 0 Å². The second-order valence-corrected chi connectivity index (χ2v) is 8.31. The Hall–Kier alpha value is -1.42. The standard InChI is InChI=1S/C21H23Cl3N2O/c1-14(27)25-11-10-15-2-9-21(19-8-5-17(23)12-20(19)24)26(13-15)18-6-3-16(22)4-7-18/h3-8,12,15,21H,2,9-11,13H2,1H3,(H,25,27)/t15-,21-/m0/s1. The molecule has 0 saturated carbocycles. The summed E-state index contributed by atoms with van der Waals surface area (Å²) in [4.78, 5) is 13.5. The van der Waals surface area contributed by atoms with Gasteiger partial charge in [0.2, 0.25) is 5.91 Å². The van der Waals surface area contributed by atoms with Gasteiger partial charge in [0.25, 0.3) is 0 Å². The molecule has 2 aromatic carbocycles. The van der Waals surface area contributed by atoms with Crippen LogP contribution in [0.1, 0.15) is 37.8 Å². The highest BCUT2D eigenvalue weighted by Crippen LogP contribution is 2.41. The minimum Gasteiger partial charge on any atom is -0.364 e. The largest absolute Gasteiger partial charge is 0.364 e. The van der Waals surface area contributed by atoms with Crippen LogP contribution in [-0.2, 0) is 4.79 Å². The second-order valence-electron chi connectivity index (χ2n) is 7.03. The molecule has 0 aliphatic carbocycles. The number of benzene rings is 2. The van der Waals surface area contributed by atoms with E-state index < -0.39 is 0 Å². The lowest BCUT2D eigenvalue weighted by Crippen LogP contribution is -2.39. The summed E-state index contributed by atoms with van der Waals surface area (Å²) in [5, 5.41) is 4.97. The normalized spacial score (nSPS) is 19.8. The third kappa shape index (κ3) is 5.31. The minimum atomic E-state index is 0.0196. The van der Waals surface area contributed by atoms with E-state index in [9.17, 15) is 4.79 Å². The monoisotopic (exact) mass is 424 g/mol. The molecule has 27 heavy (non-hydrogen) atoms. The first-order valence-electron chi connectivity index (χ1n) is 9.15. The number of halogens is 3. The number of amides is 1. The maximum absolute atomic E-state index is 11.1. The predicted molar refractivity (Wildman–Crippen MR) is 114 cm³/mol. The van der Waals surface area contributed by atoms with E-state index in [1.165, 1.54) is 0 Å². The average molecular weight is 426 g/mol. The Morgan fingerprint density at radius 2 is 1.78 bits per heavy atom. The van der Waals surface area contributed by atoms with Crippen LogP contribution >= 0.6 is 34.8 Å². The molecule has 0 aromatic heterocycles. The molecule has 6 heteroatoms. The number of piperidine rings is 1. The maximum atomic E-state index is 11.1. The summed E-state index contributed by atoms with van der Waals surface area (Å²) in [5.74, 6) is 0.529. The van der Waals surface area contributed by atoms with Gasteiger partial charge in [-0.3, -0.25) is 4.79 Å². The lowest BCUT2D eigenvalue weighted by molar-refractivity contribution is -0.119. The number of hydrogen-bond acceptors (Lipinski definition) is 2. The molecule has 1 aliphatic heterocycles. The van der Waals surface area contributed by atoms with Crippen LogP contribution in [0.5, 0.6) is 0 Å². The van der Waals surface area contributed by atoms with Crippen molar-refractivity contribution >= 4 is 46.4 Å². The molecule has 3 nitrogen and oxygen atoms in total. The van der Waals surface area contributed by atoms with Crippen molar-refractivity contribution in [2.24, 2.45) is 5.92 Å². The molecule has 1 N–H and O–H groups in total. The topological polar surface area (TPSA) is 32.3 Å². The van der Waals surface area contributed by atoms with E-state index in [0.717, 1.165) is 42.1 Å². The van der Waals surface area contributed by atoms with E-state index in [4.69, 9.17) is 34.8 Å². The number of anilines is 1. The van der Waals surface area contributed by atoms with Crippen LogP contribution in [-0.4, -0.2) is 19.0 Å².